The minimum Gasteiger partial charge on any atom is -0.431 e. The van der Waals surface area contributed by atoms with Crippen LogP contribution >= 0.6 is 0 Å². The van der Waals surface area contributed by atoms with E-state index in [-0.39, 0.29) is 5.97 Å². The lowest BCUT2D eigenvalue weighted by Crippen LogP contribution is -2.02. The highest BCUT2D eigenvalue weighted by molar-refractivity contribution is 7.73. The standard InChI is InChI=1S/C17H28O4S/c1-5-6-7-11-17(22(19)20)12-9-8-10-16(13-14(2)3)21-15(4)18/h13H,2,5-12H2,1,3-4H3. The highest BCUT2D eigenvalue weighted by atomic mass is 32.2. The third-order valence-electron chi connectivity index (χ3n) is 3.11. The van der Waals surface area contributed by atoms with Crippen molar-refractivity contribution in [1.82, 2.24) is 0 Å². The Morgan fingerprint density at radius 1 is 1.05 bits per heavy atom. The zero-order valence-electron chi connectivity index (χ0n) is 14.0. The van der Waals surface area contributed by atoms with Gasteiger partial charge in [0.25, 0.3) is 0 Å². The van der Waals surface area contributed by atoms with Gasteiger partial charge in [0.05, 0.1) is 0 Å². The first-order chi connectivity index (χ1) is 10.4. The molecule has 0 aliphatic carbocycles. The van der Waals surface area contributed by atoms with Gasteiger partial charge >= 0.3 is 5.97 Å². The van der Waals surface area contributed by atoms with Crippen molar-refractivity contribution >= 4 is 21.1 Å². The maximum absolute atomic E-state index is 11.2. The molecule has 0 aliphatic rings. The summed E-state index contributed by atoms with van der Waals surface area (Å²) < 4.78 is 27.5. The lowest BCUT2D eigenvalue weighted by Gasteiger charge is -2.08. The summed E-state index contributed by atoms with van der Waals surface area (Å²) in [6.45, 7) is 9.07. The molecule has 0 amide bonds. The summed E-state index contributed by atoms with van der Waals surface area (Å²) in [5, 5.41) is 0. The Labute approximate surface area is 135 Å². The Morgan fingerprint density at radius 2 is 1.59 bits per heavy atom. The molecule has 0 unspecified atom stereocenters. The van der Waals surface area contributed by atoms with Crippen LogP contribution in [0, 0.1) is 0 Å². The second-order valence-electron chi connectivity index (χ2n) is 5.49. The first kappa shape index (κ1) is 20.6. The predicted octanol–water partition coefficient (Wildman–Crippen LogP) is 4.20. The molecule has 5 heteroatoms. The Bertz CT molecular complexity index is 519. The number of esters is 1. The van der Waals surface area contributed by atoms with Gasteiger partial charge in [0.2, 0.25) is 10.3 Å². The summed E-state index contributed by atoms with van der Waals surface area (Å²) in [6, 6.07) is 0. The summed E-state index contributed by atoms with van der Waals surface area (Å²) in [5.41, 5.74) is 0.823. The van der Waals surface area contributed by atoms with Crippen LogP contribution in [0.2, 0.25) is 0 Å². The van der Waals surface area contributed by atoms with Crippen molar-refractivity contribution in [2.75, 3.05) is 0 Å². The van der Waals surface area contributed by atoms with E-state index in [9.17, 15) is 13.2 Å². The van der Waals surface area contributed by atoms with E-state index in [4.69, 9.17) is 4.74 Å². The highest BCUT2D eigenvalue weighted by Gasteiger charge is 2.05. The summed E-state index contributed by atoms with van der Waals surface area (Å²) in [4.78, 5) is 11.6. The van der Waals surface area contributed by atoms with Gasteiger partial charge in [0.1, 0.15) is 5.76 Å². The molecule has 0 saturated heterocycles. The quantitative estimate of drug-likeness (QED) is 0.187. The van der Waals surface area contributed by atoms with Crippen molar-refractivity contribution in [3.63, 3.8) is 0 Å². The van der Waals surface area contributed by atoms with Crippen molar-refractivity contribution in [3.8, 4) is 0 Å². The summed E-state index contributed by atoms with van der Waals surface area (Å²) in [5.74, 6) is 0.246. The number of hydrogen-bond donors (Lipinski definition) is 0. The predicted molar refractivity (Wildman–Crippen MR) is 91.2 cm³/mol. The first-order valence-electron chi connectivity index (χ1n) is 7.85. The van der Waals surface area contributed by atoms with Crippen LogP contribution in [0.4, 0.5) is 0 Å². The molecule has 22 heavy (non-hydrogen) atoms. The fraction of sp³-hybridized carbons (Fsp3) is 0.647. The van der Waals surface area contributed by atoms with Gasteiger partial charge in [-0.25, -0.2) is 0 Å². The molecule has 0 radical (unpaired) electrons. The second-order valence-corrected chi connectivity index (χ2v) is 6.54. The minimum atomic E-state index is -2.09. The molecule has 0 aliphatic heterocycles. The average Bonchev–Trinajstić information content (AvgIpc) is 2.39. The fourth-order valence-corrected chi connectivity index (χ4v) is 2.72. The third kappa shape index (κ3) is 11.3. The Morgan fingerprint density at radius 3 is 2.05 bits per heavy atom. The number of carbonyl (C=O) groups excluding carboxylic acids is 1. The molecule has 0 atom stereocenters. The number of allylic oxidation sites excluding steroid dienone is 3. The van der Waals surface area contributed by atoms with Crippen LogP contribution in [0.25, 0.3) is 0 Å². The number of rotatable bonds is 11. The van der Waals surface area contributed by atoms with E-state index < -0.39 is 10.3 Å². The molecule has 0 bridgehead atoms. The second kappa shape index (κ2) is 12.2. The average molecular weight is 328 g/mol. The first-order valence-corrected chi connectivity index (χ1v) is 8.92. The molecule has 0 heterocycles. The number of ether oxygens (including phenoxy) is 1. The van der Waals surface area contributed by atoms with Crippen molar-refractivity contribution in [2.45, 2.75) is 72.1 Å². The van der Waals surface area contributed by atoms with Gasteiger partial charge in [-0.1, -0.05) is 31.9 Å². The Kier molecular flexibility index (Phi) is 11.5. The van der Waals surface area contributed by atoms with Gasteiger partial charge in [0, 0.05) is 18.2 Å². The summed E-state index contributed by atoms with van der Waals surface area (Å²) in [6.07, 6.45) is 8.20. The van der Waals surface area contributed by atoms with Gasteiger partial charge in [-0.3, -0.25) is 4.79 Å². The van der Waals surface area contributed by atoms with E-state index in [1.165, 1.54) is 6.92 Å². The van der Waals surface area contributed by atoms with E-state index >= 15 is 0 Å². The van der Waals surface area contributed by atoms with Gasteiger partial charge < -0.3 is 4.74 Å². The van der Waals surface area contributed by atoms with Gasteiger partial charge in [0.15, 0.2) is 0 Å². The van der Waals surface area contributed by atoms with Gasteiger partial charge in [-0.15, -0.1) is 0 Å². The maximum atomic E-state index is 11.2. The van der Waals surface area contributed by atoms with E-state index in [0.717, 1.165) is 37.7 Å². The lowest BCUT2D eigenvalue weighted by atomic mass is 10.1. The monoisotopic (exact) mass is 328 g/mol. The van der Waals surface area contributed by atoms with Crippen LogP contribution in [-0.2, 0) is 19.8 Å². The smallest absolute Gasteiger partial charge is 0.307 e. The van der Waals surface area contributed by atoms with E-state index in [1.54, 1.807) is 6.08 Å². The Hall–Kier alpha value is -1.36. The molecule has 0 rings (SSSR count). The molecular weight excluding hydrogens is 300 g/mol. The number of hydrogen-bond acceptors (Lipinski definition) is 4. The molecule has 0 aromatic rings. The largest absolute Gasteiger partial charge is 0.431 e. The summed E-state index contributed by atoms with van der Waals surface area (Å²) >= 11 is 0. The topological polar surface area (TPSA) is 60.4 Å². The van der Waals surface area contributed by atoms with E-state index in [1.807, 2.05) is 6.92 Å². The zero-order chi connectivity index (χ0) is 17.0. The van der Waals surface area contributed by atoms with Crippen LogP contribution in [0.3, 0.4) is 0 Å². The van der Waals surface area contributed by atoms with Crippen molar-refractivity contribution in [1.29, 1.82) is 0 Å². The normalized spacial score (nSPS) is 11.1. The van der Waals surface area contributed by atoms with Gasteiger partial charge in [-0.2, -0.15) is 8.42 Å². The molecular formula is C17H28O4S. The van der Waals surface area contributed by atoms with E-state index in [2.05, 4.69) is 13.5 Å². The highest BCUT2D eigenvalue weighted by Crippen LogP contribution is 2.14. The van der Waals surface area contributed by atoms with Crippen molar-refractivity contribution in [2.24, 2.45) is 0 Å². The van der Waals surface area contributed by atoms with Crippen LogP contribution < -0.4 is 0 Å². The molecule has 4 nitrogen and oxygen atoms in total. The van der Waals surface area contributed by atoms with Crippen LogP contribution in [0.5, 0.6) is 0 Å². The van der Waals surface area contributed by atoms with Gasteiger partial charge in [-0.05, 0) is 45.1 Å². The van der Waals surface area contributed by atoms with Crippen LogP contribution in [0.15, 0.2) is 24.0 Å². The number of carbonyl (C=O) groups is 1. The third-order valence-corrected chi connectivity index (χ3v) is 3.99. The summed E-state index contributed by atoms with van der Waals surface area (Å²) in [7, 11) is -2.09. The molecule has 0 spiro atoms. The lowest BCUT2D eigenvalue weighted by molar-refractivity contribution is -0.137. The van der Waals surface area contributed by atoms with Crippen LogP contribution in [0.1, 0.15) is 72.1 Å². The maximum Gasteiger partial charge on any atom is 0.307 e. The molecule has 0 aromatic heterocycles. The molecule has 126 valence electrons. The van der Waals surface area contributed by atoms with Crippen LogP contribution in [-0.4, -0.2) is 19.3 Å². The van der Waals surface area contributed by atoms with E-state index in [0.29, 0.717) is 29.9 Å². The SMILES string of the molecule is C=C(C)C=C(CCCCC(CCCCC)=S(=O)=O)OC(C)=O. The Balaban J connectivity index is 4.33. The molecule has 0 aromatic carbocycles. The van der Waals surface area contributed by atoms with Crippen molar-refractivity contribution < 1.29 is 17.9 Å². The minimum absolute atomic E-state index is 0.347. The molecule has 0 N–H and O–H groups in total. The van der Waals surface area contributed by atoms with Crippen molar-refractivity contribution in [3.05, 3.63) is 24.0 Å². The molecule has 0 fully saturated rings. The number of unbranched alkanes of at least 4 members (excludes halogenated alkanes) is 3. The fourth-order valence-electron chi connectivity index (χ4n) is 2.10. The molecule has 0 saturated carbocycles. The zero-order valence-corrected chi connectivity index (χ0v) is 14.8.